The molecule has 0 atom stereocenters. The van der Waals surface area contributed by atoms with Crippen LogP contribution in [0.1, 0.15) is 16.8 Å². The van der Waals surface area contributed by atoms with E-state index in [1.54, 1.807) is 0 Å². The molecule has 0 fully saturated rings. The molecule has 5 heteroatoms. The van der Waals surface area contributed by atoms with E-state index in [0.29, 0.717) is 17.1 Å². The van der Waals surface area contributed by atoms with Crippen molar-refractivity contribution in [3.8, 4) is 5.75 Å². The summed E-state index contributed by atoms with van der Waals surface area (Å²) in [6, 6.07) is 4.32. The van der Waals surface area contributed by atoms with Crippen LogP contribution in [0.5, 0.6) is 5.75 Å². The van der Waals surface area contributed by atoms with Crippen LogP contribution in [0.2, 0.25) is 5.02 Å². The summed E-state index contributed by atoms with van der Waals surface area (Å²) >= 11 is 8.07. The molecule has 1 amide bonds. The number of halogens is 2. The normalized spacial score (nSPS) is 10.0. The topological polar surface area (TPSA) is 49.3 Å². The predicted molar refractivity (Wildman–Crippen MR) is 69.0 cm³/mol. The maximum absolute atomic E-state index is 11.6. The molecule has 0 heterocycles. The van der Waals surface area contributed by atoms with Crippen molar-refractivity contribution in [2.45, 2.75) is 6.42 Å². The number of aromatic hydroxyl groups is 1. The summed E-state index contributed by atoms with van der Waals surface area (Å²) in [6.45, 7) is 0.619. The van der Waals surface area contributed by atoms with Gasteiger partial charge in [0.15, 0.2) is 0 Å². The molecule has 0 radical (unpaired) electrons. The first kappa shape index (κ1) is 12.6. The summed E-state index contributed by atoms with van der Waals surface area (Å²) in [6.07, 6.45) is 0.919. The molecule has 0 aliphatic heterocycles. The second kappa shape index (κ2) is 6.17. The van der Waals surface area contributed by atoms with E-state index in [1.807, 2.05) is 0 Å². The number of nitrogens with one attached hydrogen (secondary N) is 1. The Morgan fingerprint density at radius 3 is 2.93 bits per heavy atom. The fourth-order valence-electron chi connectivity index (χ4n) is 1.05. The fraction of sp³-hybridized carbons (Fsp3) is 0.300. The molecular weight excluding hydrogens is 328 g/mol. The Hall–Kier alpha value is -0.490. The molecule has 0 aliphatic rings. The highest BCUT2D eigenvalue weighted by molar-refractivity contribution is 14.1. The number of phenolic OH excluding ortho intramolecular Hbond substituents is 1. The zero-order chi connectivity index (χ0) is 11.3. The quantitative estimate of drug-likeness (QED) is 0.503. The van der Waals surface area contributed by atoms with E-state index >= 15 is 0 Å². The van der Waals surface area contributed by atoms with Gasteiger partial charge in [-0.2, -0.15) is 0 Å². The van der Waals surface area contributed by atoms with Crippen LogP contribution >= 0.6 is 34.2 Å². The minimum absolute atomic E-state index is 0.0402. The lowest BCUT2D eigenvalue weighted by molar-refractivity contribution is 0.0953. The molecule has 0 aromatic heterocycles. The Bertz CT molecular complexity index is 357. The molecular formula is C10H11ClINO2. The zero-order valence-corrected chi connectivity index (χ0v) is 10.9. The smallest absolute Gasteiger partial charge is 0.252 e. The van der Waals surface area contributed by atoms with Gasteiger partial charge in [0, 0.05) is 11.0 Å². The number of amides is 1. The SMILES string of the molecule is O=C(NCCCI)c1cc(O)ccc1Cl. The van der Waals surface area contributed by atoms with Crippen molar-refractivity contribution in [1.29, 1.82) is 0 Å². The minimum Gasteiger partial charge on any atom is -0.508 e. The summed E-state index contributed by atoms with van der Waals surface area (Å²) < 4.78 is 0.992. The molecule has 1 aromatic carbocycles. The van der Waals surface area contributed by atoms with Crippen molar-refractivity contribution in [2.24, 2.45) is 0 Å². The molecule has 0 unspecified atom stereocenters. The van der Waals surface area contributed by atoms with E-state index < -0.39 is 0 Å². The van der Waals surface area contributed by atoms with E-state index in [-0.39, 0.29) is 11.7 Å². The molecule has 15 heavy (non-hydrogen) atoms. The third-order valence-electron chi connectivity index (χ3n) is 1.79. The molecule has 3 nitrogen and oxygen atoms in total. The Morgan fingerprint density at radius 1 is 1.53 bits per heavy atom. The van der Waals surface area contributed by atoms with E-state index in [2.05, 4.69) is 27.9 Å². The molecule has 0 spiro atoms. The molecule has 0 aliphatic carbocycles. The van der Waals surface area contributed by atoms with Crippen LogP contribution in [0.25, 0.3) is 0 Å². The van der Waals surface area contributed by atoms with Crippen LogP contribution in [-0.4, -0.2) is 22.0 Å². The lowest BCUT2D eigenvalue weighted by atomic mass is 10.2. The Balaban J connectivity index is 2.68. The Labute approximate surface area is 107 Å². The van der Waals surface area contributed by atoms with Gasteiger partial charge in [-0.3, -0.25) is 4.79 Å². The first-order valence-electron chi connectivity index (χ1n) is 4.48. The van der Waals surface area contributed by atoms with E-state index in [9.17, 15) is 9.90 Å². The van der Waals surface area contributed by atoms with Gasteiger partial charge in [-0.15, -0.1) is 0 Å². The zero-order valence-electron chi connectivity index (χ0n) is 7.96. The van der Waals surface area contributed by atoms with Crippen molar-refractivity contribution in [3.05, 3.63) is 28.8 Å². The summed E-state index contributed by atoms with van der Waals surface area (Å²) in [5, 5.41) is 12.3. The lowest BCUT2D eigenvalue weighted by Gasteiger charge is -2.06. The van der Waals surface area contributed by atoms with Crippen molar-refractivity contribution in [1.82, 2.24) is 5.32 Å². The first-order chi connectivity index (χ1) is 7.15. The molecule has 1 rings (SSSR count). The van der Waals surface area contributed by atoms with E-state index in [4.69, 9.17) is 11.6 Å². The molecule has 82 valence electrons. The molecule has 0 saturated heterocycles. The van der Waals surface area contributed by atoms with Gasteiger partial charge in [-0.1, -0.05) is 34.2 Å². The van der Waals surface area contributed by atoms with E-state index in [0.717, 1.165) is 10.8 Å². The number of hydrogen-bond acceptors (Lipinski definition) is 2. The van der Waals surface area contributed by atoms with E-state index in [1.165, 1.54) is 18.2 Å². The highest BCUT2D eigenvalue weighted by Gasteiger charge is 2.10. The van der Waals surface area contributed by atoms with Gasteiger partial charge in [-0.05, 0) is 24.6 Å². The monoisotopic (exact) mass is 339 g/mol. The van der Waals surface area contributed by atoms with Gasteiger partial charge in [0.2, 0.25) is 0 Å². The van der Waals surface area contributed by atoms with Gasteiger partial charge in [-0.25, -0.2) is 0 Å². The fourth-order valence-corrected chi connectivity index (χ4v) is 1.64. The number of carbonyl (C=O) groups excluding carboxylic acids is 1. The third-order valence-corrected chi connectivity index (χ3v) is 2.88. The minimum atomic E-state index is -0.249. The highest BCUT2D eigenvalue weighted by Crippen LogP contribution is 2.20. The van der Waals surface area contributed by atoms with Crippen LogP contribution in [0.3, 0.4) is 0 Å². The number of hydrogen-bond donors (Lipinski definition) is 2. The van der Waals surface area contributed by atoms with Gasteiger partial charge in [0.1, 0.15) is 5.75 Å². The summed E-state index contributed by atoms with van der Waals surface area (Å²) in [5.74, 6) is -0.209. The average molecular weight is 340 g/mol. The maximum atomic E-state index is 11.6. The molecule has 1 aromatic rings. The second-order valence-electron chi connectivity index (χ2n) is 2.96. The van der Waals surface area contributed by atoms with Gasteiger partial charge >= 0.3 is 0 Å². The van der Waals surface area contributed by atoms with Crippen molar-refractivity contribution >= 4 is 40.1 Å². The number of rotatable bonds is 4. The molecule has 2 N–H and O–H groups in total. The van der Waals surface area contributed by atoms with Crippen LogP contribution in [-0.2, 0) is 0 Å². The van der Waals surface area contributed by atoms with Gasteiger partial charge in [0.25, 0.3) is 5.91 Å². The number of benzene rings is 1. The highest BCUT2D eigenvalue weighted by atomic mass is 127. The van der Waals surface area contributed by atoms with Gasteiger partial charge in [0.05, 0.1) is 10.6 Å². The summed E-state index contributed by atoms with van der Waals surface area (Å²) in [4.78, 5) is 11.6. The maximum Gasteiger partial charge on any atom is 0.252 e. The number of phenols is 1. The third kappa shape index (κ3) is 3.87. The first-order valence-corrected chi connectivity index (χ1v) is 6.38. The number of carbonyl (C=O) groups is 1. The Morgan fingerprint density at radius 2 is 2.27 bits per heavy atom. The summed E-state index contributed by atoms with van der Waals surface area (Å²) in [5.41, 5.74) is 0.310. The Kier molecular flexibility index (Phi) is 5.17. The summed E-state index contributed by atoms with van der Waals surface area (Å²) in [7, 11) is 0. The lowest BCUT2D eigenvalue weighted by Crippen LogP contribution is -2.24. The van der Waals surface area contributed by atoms with Crippen LogP contribution in [0.15, 0.2) is 18.2 Å². The van der Waals surface area contributed by atoms with Gasteiger partial charge < -0.3 is 10.4 Å². The number of alkyl halides is 1. The van der Waals surface area contributed by atoms with Crippen LogP contribution < -0.4 is 5.32 Å². The second-order valence-corrected chi connectivity index (χ2v) is 4.45. The van der Waals surface area contributed by atoms with Crippen molar-refractivity contribution < 1.29 is 9.90 Å². The largest absolute Gasteiger partial charge is 0.508 e. The van der Waals surface area contributed by atoms with Crippen molar-refractivity contribution in [2.75, 3.05) is 11.0 Å². The van der Waals surface area contributed by atoms with Crippen LogP contribution in [0, 0.1) is 0 Å². The molecule has 0 saturated carbocycles. The van der Waals surface area contributed by atoms with Crippen molar-refractivity contribution in [3.63, 3.8) is 0 Å². The average Bonchev–Trinajstić information content (AvgIpc) is 2.22. The molecule has 0 bridgehead atoms. The van der Waals surface area contributed by atoms with Crippen LogP contribution in [0.4, 0.5) is 0 Å². The standard InChI is InChI=1S/C10H11ClINO2/c11-9-3-2-7(14)6-8(9)10(15)13-5-1-4-12/h2-3,6,14H,1,4-5H2,(H,13,15). The predicted octanol–water partition coefficient (Wildman–Crippen LogP) is 2.60.